The molecule has 0 spiro atoms. The highest BCUT2D eigenvalue weighted by Gasteiger charge is 2.44. The number of benzene rings is 1. The molecular weight excluding hydrogens is 342 g/mol. The van der Waals surface area contributed by atoms with Crippen molar-refractivity contribution in [2.45, 2.75) is 65.1 Å². The van der Waals surface area contributed by atoms with E-state index in [2.05, 4.69) is 0 Å². The van der Waals surface area contributed by atoms with Crippen LogP contribution in [0, 0.1) is 6.92 Å². The van der Waals surface area contributed by atoms with Crippen LogP contribution in [0.4, 0.5) is 4.79 Å². The Labute approximate surface area is 154 Å². The van der Waals surface area contributed by atoms with Gasteiger partial charge in [-0.3, -0.25) is 4.90 Å². The van der Waals surface area contributed by atoms with Gasteiger partial charge in [-0.2, -0.15) is 0 Å². The summed E-state index contributed by atoms with van der Waals surface area (Å²) in [5, 5.41) is 0.577. The van der Waals surface area contributed by atoms with E-state index in [0.717, 1.165) is 11.1 Å². The van der Waals surface area contributed by atoms with E-state index < -0.39 is 23.7 Å². The van der Waals surface area contributed by atoms with E-state index in [-0.39, 0.29) is 12.6 Å². The predicted molar refractivity (Wildman–Crippen MR) is 96.7 cm³/mol. The second-order valence-corrected chi connectivity index (χ2v) is 7.68. The number of carbonyl (C=O) groups excluding carboxylic acids is 2. The minimum atomic E-state index is -0.656. The zero-order valence-electron chi connectivity index (χ0n) is 15.5. The van der Waals surface area contributed by atoms with Crippen molar-refractivity contribution in [2.24, 2.45) is 0 Å². The summed E-state index contributed by atoms with van der Waals surface area (Å²) in [5.74, 6) is -0.403. The first-order valence-corrected chi connectivity index (χ1v) is 8.96. The zero-order chi connectivity index (χ0) is 18.8. The standard InChI is InChI=1S/C19H26ClNO4/c1-6-24-17(22)16-10-9-15(13-11-12(2)7-8-14(13)20)21(16)18(23)25-19(3,4)5/h7-8,11,15-16H,6,9-10H2,1-5H3/t15-,16-/m0/s1. The molecule has 5 nitrogen and oxygen atoms in total. The molecule has 1 aliphatic heterocycles. The lowest BCUT2D eigenvalue weighted by molar-refractivity contribution is -0.148. The first-order valence-electron chi connectivity index (χ1n) is 8.58. The number of esters is 1. The summed E-state index contributed by atoms with van der Waals surface area (Å²) in [6.07, 6.45) is 0.629. The van der Waals surface area contributed by atoms with Gasteiger partial charge >= 0.3 is 12.1 Å². The van der Waals surface area contributed by atoms with Gasteiger partial charge in [-0.05, 0) is 59.1 Å². The monoisotopic (exact) mass is 367 g/mol. The number of carbonyl (C=O) groups is 2. The van der Waals surface area contributed by atoms with Gasteiger partial charge in [-0.15, -0.1) is 0 Å². The molecule has 0 aliphatic carbocycles. The molecular formula is C19H26ClNO4. The lowest BCUT2D eigenvalue weighted by atomic mass is 10.0. The second kappa shape index (κ2) is 7.65. The maximum atomic E-state index is 12.8. The highest BCUT2D eigenvalue weighted by molar-refractivity contribution is 6.31. The molecule has 6 heteroatoms. The number of aryl methyl sites for hydroxylation is 1. The fourth-order valence-electron chi connectivity index (χ4n) is 3.07. The van der Waals surface area contributed by atoms with Crippen LogP contribution in [0.5, 0.6) is 0 Å². The number of hydrogen-bond donors (Lipinski definition) is 0. The Kier molecular flexibility index (Phi) is 5.99. The molecule has 0 aromatic heterocycles. The molecule has 0 bridgehead atoms. The molecule has 2 rings (SSSR count). The van der Waals surface area contributed by atoms with Crippen molar-refractivity contribution in [3.63, 3.8) is 0 Å². The van der Waals surface area contributed by atoms with E-state index in [1.807, 2.05) is 25.1 Å². The van der Waals surface area contributed by atoms with Crippen LogP contribution in [0.3, 0.4) is 0 Å². The van der Waals surface area contributed by atoms with E-state index in [4.69, 9.17) is 21.1 Å². The summed E-state index contributed by atoms with van der Waals surface area (Å²) in [5.41, 5.74) is 1.22. The molecule has 2 atom stereocenters. The quantitative estimate of drug-likeness (QED) is 0.729. The number of likely N-dealkylation sites (tertiary alicyclic amines) is 1. The van der Waals surface area contributed by atoms with Crippen LogP contribution in [0.2, 0.25) is 5.02 Å². The second-order valence-electron chi connectivity index (χ2n) is 7.27. The van der Waals surface area contributed by atoms with Gasteiger partial charge in [0.25, 0.3) is 0 Å². The smallest absolute Gasteiger partial charge is 0.411 e. The third kappa shape index (κ3) is 4.66. The first kappa shape index (κ1) is 19.6. The largest absolute Gasteiger partial charge is 0.464 e. The fraction of sp³-hybridized carbons (Fsp3) is 0.579. The van der Waals surface area contributed by atoms with E-state index >= 15 is 0 Å². The van der Waals surface area contributed by atoms with Gasteiger partial charge in [0.15, 0.2) is 0 Å². The minimum Gasteiger partial charge on any atom is -0.464 e. The van der Waals surface area contributed by atoms with Gasteiger partial charge in [-0.1, -0.05) is 29.3 Å². The van der Waals surface area contributed by atoms with E-state index in [9.17, 15) is 9.59 Å². The zero-order valence-corrected chi connectivity index (χ0v) is 16.2. The average molecular weight is 368 g/mol. The Morgan fingerprint density at radius 1 is 1.28 bits per heavy atom. The van der Waals surface area contributed by atoms with Crippen LogP contribution < -0.4 is 0 Å². The Morgan fingerprint density at radius 2 is 1.96 bits per heavy atom. The molecule has 1 fully saturated rings. The van der Waals surface area contributed by atoms with Crippen molar-refractivity contribution in [1.29, 1.82) is 0 Å². The number of rotatable bonds is 3. The van der Waals surface area contributed by atoms with Crippen molar-refractivity contribution < 1.29 is 19.1 Å². The van der Waals surface area contributed by atoms with Crippen molar-refractivity contribution in [2.75, 3.05) is 6.61 Å². The van der Waals surface area contributed by atoms with Crippen molar-refractivity contribution in [1.82, 2.24) is 4.90 Å². The summed E-state index contributed by atoms with van der Waals surface area (Å²) in [6.45, 7) is 9.39. The van der Waals surface area contributed by atoms with Crippen molar-refractivity contribution in [3.8, 4) is 0 Å². The molecule has 138 valence electrons. The lowest BCUT2D eigenvalue weighted by Gasteiger charge is -2.32. The van der Waals surface area contributed by atoms with Crippen LogP contribution in [0.1, 0.15) is 57.7 Å². The molecule has 1 heterocycles. The van der Waals surface area contributed by atoms with Gasteiger partial charge in [0.1, 0.15) is 11.6 Å². The van der Waals surface area contributed by atoms with Crippen molar-refractivity contribution in [3.05, 3.63) is 34.3 Å². The van der Waals surface area contributed by atoms with E-state index in [0.29, 0.717) is 17.9 Å². The molecule has 0 saturated carbocycles. The average Bonchev–Trinajstić information content (AvgIpc) is 2.93. The third-order valence-corrected chi connectivity index (χ3v) is 4.40. The Hall–Kier alpha value is -1.75. The molecule has 25 heavy (non-hydrogen) atoms. The van der Waals surface area contributed by atoms with Gasteiger partial charge in [0, 0.05) is 5.02 Å². The highest BCUT2D eigenvalue weighted by atomic mass is 35.5. The Morgan fingerprint density at radius 3 is 2.56 bits per heavy atom. The maximum Gasteiger partial charge on any atom is 0.411 e. The Balaban J connectivity index is 2.39. The summed E-state index contributed by atoms with van der Waals surface area (Å²) in [6, 6.07) is 4.73. The molecule has 1 aromatic rings. The number of nitrogens with zero attached hydrogens (tertiary/aromatic N) is 1. The first-order chi connectivity index (χ1) is 11.6. The number of amides is 1. The fourth-order valence-corrected chi connectivity index (χ4v) is 3.32. The molecule has 1 saturated heterocycles. The van der Waals surface area contributed by atoms with Gasteiger partial charge in [-0.25, -0.2) is 9.59 Å². The molecule has 1 aromatic carbocycles. The summed E-state index contributed by atoms with van der Waals surface area (Å²) < 4.78 is 10.7. The SMILES string of the molecule is CCOC(=O)[C@@H]1CC[C@@H](c2cc(C)ccc2Cl)N1C(=O)OC(C)(C)C. The van der Waals surface area contributed by atoms with Gasteiger partial charge in [0.2, 0.25) is 0 Å². The minimum absolute atomic E-state index is 0.271. The molecule has 1 aliphatic rings. The molecule has 0 unspecified atom stereocenters. The highest BCUT2D eigenvalue weighted by Crippen LogP contribution is 2.40. The summed E-state index contributed by atoms with van der Waals surface area (Å²) in [4.78, 5) is 26.7. The normalized spacial score (nSPS) is 20.5. The van der Waals surface area contributed by atoms with E-state index in [1.165, 1.54) is 4.90 Å². The lowest BCUT2D eigenvalue weighted by Crippen LogP contribution is -2.45. The number of ether oxygens (including phenoxy) is 2. The van der Waals surface area contributed by atoms with E-state index in [1.54, 1.807) is 27.7 Å². The van der Waals surface area contributed by atoms with Gasteiger partial charge < -0.3 is 9.47 Å². The van der Waals surface area contributed by atoms with Crippen LogP contribution in [-0.4, -0.2) is 35.2 Å². The van der Waals surface area contributed by atoms with Gasteiger partial charge in [0.05, 0.1) is 12.6 Å². The third-order valence-electron chi connectivity index (χ3n) is 4.06. The topological polar surface area (TPSA) is 55.8 Å². The van der Waals surface area contributed by atoms with Crippen LogP contribution in [-0.2, 0) is 14.3 Å². The Bertz CT molecular complexity index is 653. The van der Waals surface area contributed by atoms with Crippen LogP contribution >= 0.6 is 11.6 Å². The van der Waals surface area contributed by atoms with Crippen LogP contribution in [0.25, 0.3) is 0 Å². The summed E-state index contributed by atoms with van der Waals surface area (Å²) >= 11 is 6.37. The van der Waals surface area contributed by atoms with Crippen LogP contribution in [0.15, 0.2) is 18.2 Å². The number of halogens is 1. The molecule has 0 N–H and O–H groups in total. The van der Waals surface area contributed by atoms with Crippen molar-refractivity contribution >= 4 is 23.7 Å². The summed E-state index contributed by atoms with van der Waals surface area (Å²) in [7, 11) is 0. The number of hydrogen-bond acceptors (Lipinski definition) is 4. The maximum absolute atomic E-state index is 12.8. The predicted octanol–water partition coefficient (Wildman–Crippen LogP) is 4.65. The molecule has 1 amide bonds. The molecule has 0 radical (unpaired) electrons.